The third kappa shape index (κ3) is 5.70. The van der Waals surface area contributed by atoms with Crippen molar-refractivity contribution in [2.45, 2.75) is 17.9 Å². The maximum atomic E-state index is 13.4. The number of hydrogen-bond acceptors (Lipinski definition) is 4. The molecule has 2 rings (SSSR count). The van der Waals surface area contributed by atoms with Gasteiger partial charge in [0.05, 0.1) is 11.8 Å². The Labute approximate surface area is 144 Å². The van der Waals surface area contributed by atoms with Crippen molar-refractivity contribution in [3.05, 3.63) is 66.0 Å². The van der Waals surface area contributed by atoms with Crippen LogP contribution in [-0.4, -0.2) is 24.2 Å². The van der Waals surface area contributed by atoms with Gasteiger partial charge in [0.1, 0.15) is 5.82 Å². The number of benzene rings is 2. The Morgan fingerprint density at radius 1 is 1.12 bits per heavy atom. The average Bonchev–Trinajstić information content (AvgIpc) is 2.60. The zero-order valence-electron chi connectivity index (χ0n) is 13.2. The molecule has 4 nitrogen and oxygen atoms in total. The molecule has 2 aromatic carbocycles. The fraction of sp³-hybridized carbons (Fsp3) is 0.222. The largest absolute Gasteiger partial charge is 0.455 e. The summed E-state index contributed by atoms with van der Waals surface area (Å²) in [6.45, 7) is 1.50. The molecule has 0 spiro atoms. The van der Waals surface area contributed by atoms with Crippen molar-refractivity contribution < 1.29 is 18.7 Å². The summed E-state index contributed by atoms with van der Waals surface area (Å²) in [4.78, 5) is 23.8. The van der Waals surface area contributed by atoms with Gasteiger partial charge in [0, 0.05) is 4.90 Å². The highest BCUT2D eigenvalue weighted by Crippen LogP contribution is 2.21. The minimum Gasteiger partial charge on any atom is -0.455 e. The van der Waals surface area contributed by atoms with Gasteiger partial charge in [-0.25, -0.2) is 4.39 Å². The molecule has 0 aliphatic heterocycles. The molecule has 1 N–H and O–H groups in total. The van der Waals surface area contributed by atoms with Gasteiger partial charge in [0.25, 0.3) is 5.91 Å². The van der Waals surface area contributed by atoms with Crippen LogP contribution in [0.3, 0.4) is 0 Å². The Morgan fingerprint density at radius 2 is 1.79 bits per heavy atom. The highest BCUT2D eigenvalue weighted by Gasteiger charge is 2.12. The predicted octanol–water partition coefficient (Wildman–Crippen LogP) is 3.34. The number of carbonyl (C=O) groups is 2. The molecule has 1 atom stereocenters. The SMILES string of the molecule is C[C@@H](NC(=O)COC(=O)CSc1ccccc1F)c1ccccc1. The van der Waals surface area contributed by atoms with Gasteiger partial charge in [-0.2, -0.15) is 0 Å². The summed E-state index contributed by atoms with van der Waals surface area (Å²) in [6.07, 6.45) is 0. The fourth-order valence-electron chi connectivity index (χ4n) is 1.99. The molecule has 0 aliphatic carbocycles. The summed E-state index contributed by atoms with van der Waals surface area (Å²) in [5, 5.41) is 2.75. The Hall–Kier alpha value is -2.34. The minimum atomic E-state index is -0.564. The van der Waals surface area contributed by atoms with E-state index in [1.165, 1.54) is 6.07 Å². The smallest absolute Gasteiger partial charge is 0.316 e. The molecular formula is C18H18FNO3S. The van der Waals surface area contributed by atoms with Gasteiger partial charge in [-0.1, -0.05) is 42.5 Å². The van der Waals surface area contributed by atoms with Crippen LogP contribution >= 0.6 is 11.8 Å². The summed E-state index contributed by atoms with van der Waals surface area (Å²) in [5.74, 6) is -1.38. The van der Waals surface area contributed by atoms with Gasteiger partial charge in [0.2, 0.25) is 0 Å². The number of halogens is 1. The van der Waals surface area contributed by atoms with E-state index in [4.69, 9.17) is 4.74 Å². The number of nitrogens with one attached hydrogen (secondary N) is 1. The van der Waals surface area contributed by atoms with Crippen molar-refractivity contribution >= 4 is 23.6 Å². The summed E-state index contributed by atoms with van der Waals surface area (Å²) in [7, 11) is 0. The number of rotatable bonds is 7. The molecule has 0 saturated heterocycles. The number of amides is 1. The van der Waals surface area contributed by atoms with E-state index < -0.39 is 5.97 Å². The van der Waals surface area contributed by atoms with Gasteiger partial charge in [0.15, 0.2) is 6.61 Å². The maximum Gasteiger partial charge on any atom is 0.316 e. The number of ether oxygens (including phenoxy) is 1. The Kier molecular flexibility index (Phi) is 6.81. The molecule has 24 heavy (non-hydrogen) atoms. The van der Waals surface area contributed by atoms with Crippen LogP contribution in [0.2, 0.25) is 0 Å². The Bertz CT molecular complexity index is 694. The van der Waals surface area contributed by atoms with Crippen molar-refractivity contribution in [1.29, 1.82) is 0 Å². The normalized spacial score (nSPS) is 11.6. The van der Waals surface area contributed by atoms with Crippen molar-refractivity contribution in [3.63, 3.8) is 0 Å². The highest BCUT2D eigenvalue weighted by atomic mass is 32.2. The van der Waals surface area contributed by atoms with Crippen LogP contribution in [0.25, 0.3) is 0 Å². The Balaban J connectivity index is 1.71. The van der Waals surface area contributed by atoms with E-state index in [2.05, 4.69) is 5.32 Å². The molecule has 1 amide bonds. The summed E-state index contributed by atoms with van der Waals surface area (Å²) < 4.78 is 18.3. The molecule has 0 aromatic heterocycles. The van der Waals surface area contributed by atoms with E-state index in [-0.39, 0.29) is 30.1 Å². The lowest BCUT2D eigenvalue weighted by molar-refractivity contribution is -0.146. The third-order valence-electron chi connectivity index (χ3n) is 3.22. The van der Waals surface area contributed by atoms with Gasteiger partial charge < -0.3 is 10.1 Å². The number of carbonyl (C=O) groups excluding carboxylic acids is 2. The molecule has 0 bridgehead atoms. The van der Waals surface area contributed by atoms with E-state index in [0.29, 0.717) is 4.90 Å². The molecule has 2 aromatic rings. The lowest BCUT2D eigenvalue weighted by atomic mass is 10.1. The van der Waals surface area contributed by atoms with Crippen LogP contribution < -0.4 is 5.32 Å². The standard InChI is InChI=1S/C18H18FNO3S/c1-13(14-7-3-2-4-8-14)20-17(21)11-23-18(22)12-24-16-10-6-5-9-15(16)19/h2-10,13H,11-12H2,1H3,(H,20,21)/t13-/m1/s1. The molecule has 0 radical (unpaired) electrons. The van der Waals surface area contributed by atoms with Gasteiger partial charge >= 0.3 is 5.97 Å². The first-order valence-electron chi connectivity index (χ1n) is 7.43. The summed E-state index contributed by atoms with van der Waals surface area (Å²) in [5.41, 5.74) is 0.965. The second-order valence-electron chi connectivity index (χ2n) is 5.08. The summed E-state index contributed by atoms with van der Waals surface area (Å²) in [6, 6.07) is 15.5. The zero-order valence-corrected chi connectivity index (χ0v) is 14.0. The molecule has 0 saturated carbocycles. The van der Waals surface area contributed by atoms with Gasteiger partial charge in [-0.05, 0) is 24.6 Å². The third-order valence-corrected chi connectivity index (χ3v) is 4.25. The average molecular weight is 347 g/mol. The van der Waals surface area contributed by atoms with Crippen LogP contribution in [0.4, 0.5) is 4.39 Å². The van der Waals surface area contributed by atoms with Crippen LogP contribution in [0.1, 0.15) is 18.5 Å². The van der Waals surface area contributed by atoms with Crippen molar-refractivity contribution in [2.75, 3.05) is 12.4 Å². The monoisotopic (exact) mass is 347 g/mol. The molecule has 126 valence electrons. The van der Waals surface area contributed by atoms with Gasteiger partial charge in [-0.15, -0.1) is 11.8 Å². The zero-order chi connectivity index (χ0) is 17.4. The first-order valence-corrected chi connectivity index (χ1v) is 8.42. The fourth-order valence-corrected chi connectivity index (χ4v) is 2.73. The number of esters is 1. The molecule has 0 aliphatic rings. The van der Waals surface area contributed by atoms with Crippen molar-refractivity contribution in [2.24, 2.45) is 0 Å². The van der Waals surface area contributed by atoms with Gasteiger partial charge in [-0.3, -0.25) is 9.59 Å². The highest BCUT2D eigenvalue weighted by molar-refractivity contribution is 8.00. The molecule has 0 heterocycles. The molecule has 6 heteroatoms. The minimum absolute atomic E-state index is 0.0531. The summed E-state index contributed by atoms with van der Waals surface area (Å²) >= 11 is 1.04. The van der Waals surface area contributed by atoms with Crippen molar-refractivity contribution in [1.82, 2.24) is 5.32 Å². The van der Waals surface area contributed by atoms with E-state index in [0.717, 1.165) is 17.3 Å². The molecule has 0 unspecified atom stereocenters. The quantitative estimate of drug-likeness (QED) is 0.616. The lowest BCUT2D eigenvalue weighted by Gasteiger charge is -2.14. The molecule has 0 fully saturated rings. The number of thioether (sulfide) groups is 1. The number of hydrogen-bond donors (Lipinski definition) is 1. The van der Waals surface area contributed by atoms with E-state index >= 15 is 0 Å². The maximum absolute atomic E-state index is 13.4. The molecular weight excluding hydrogens is 329 g/mol. The van der Waals surface area contributed by atoms with Crippen LogP contribution in [0.15, 0.2) is 59.5 Å². The first-order chi connectivity index (χ1) is 11.6. The lowest BCUT2D eigenvalue weighted by Crippen LogP contribution is -2.31. The van der Waals surface area contributed by atoms with Crippen molar-refractivity contribution in [3.8, 4) is 0 Å². The van der Waals surface area contributed by atoms with Crippen LogP contribution in [0, 0.1) is 5.82 Å². The van der Waals surface area contributed by atoms with Crippen LogP contribution in [-0.2, 0) is 14.3 Å². The van der Waals surface area contributed by atoms with E-state index in [1.54, 1.807) is 18.2 Å². The second-order valence-corrected chi connectivity index (χ2v) is 6.10. The predicted molar refractivity (Wildman–Crippen MR) is 91.1 cm³/mol. The Morgan fingerprint density at radius 3 is 2.50 bits per heavy atom. The topological polar surface area (TPSA) is 55.4 Å². The first kappa shape index (κ1) is 18.0. The van der Waals surface area contributed by atoms with E-state index in [9.17, 15) is 14.0 Å². The van der Waals surface area contributed by atoms with Crippen LogP contribution in [0.5, 0.6) is 0 Å². The second kappa shape index (κ2) is 9.08. The van der Waals surface area contributed by atoms with E-state index in [1.807, 2.05) is 37.3 Å².